The quantitative estimate of drug-likeness (QED) is 0.427. The van der Waals surface area contributed by atoms with E-state index in [0.29, 0.717) is 34.7 Å². The lowest BCUT2D eigenvalue weighted by Gasteiger charge is -2.10. The van der Waals surface area contributed by atoms with Crippen molar-refractivity contribution in [3.8, 4) is 17.3 Å². The van der Waals surface area contributed by atoms with Crippen LogP contribution in [-0.4, -0.2) is 33.5 Å². The van der Waals surface area contributed by atoms with Gasteiger partial charge in [-0.25, -0.2) is 0 Å². The van der Waals surface area contributed by atoms with Crippen LogP contribution in [0.25, 0.3) is 11.6 Å². The molecule has 0 radical (unpaired) electrons. The van der Waals surface area contributed by atoms with E-state index in [0.717, 1.165) is 5.56 Å². The smallest absolute Gasteiger partial charge is 0.234 e. The second kappa shape index (κ2) is 9.32. The third-order valence-corrected chi connectivity index (χ3v) is 5.29. The predicted molar refractivity (Wildman–Crippen MR) is 116 cm³/mol. The van der Waals surface area contributed by atoms with Crippen molar-refractivity contribution in [3.63, 3.8) is 0 Å². The highest BCUT2D eigenvalue weighted by molar-refractivity contribution is 7.99. The number of nitrogens with zero attached hydrogens (tertiary/aromatic N) is 3. The molecule has 0 atom stereocenters. The van der Waals surface area contributed by atoms with E-state index in [1.54, 1.807) is 19.4 Å². The molecule has 2 aromatic carbocycles. The zero-order valence-electron chi connectivity index (χ0n) is 16.3. The number of furan rings is 1. The van der Waals surface area contributed by atoms with Crippen LogP contribution in [0, 0.1) is 0 Å². The summed E-state index contributed by atoms with van der Waals surface area (Å²) in [5, 5.41) is 12.1. The second-order valence-electron chi connectivity index (χ2n) is 6.42. The van der Waals surface area contributed by atoms with E-state index in [1.165, 1.54) is 11.8 Å². The molecule has 0 saturated carbocycles. The summed E-state index contributed by atoms with van der Waals surface area (Å²) in [5.74, 6) is 2.00. The van der Waals surface area contributed by atoms with Crippen LogP contribution in [0.1, 0.15) is 5.56 Å². The highest BCUT2D eigenvalue weighted by atomic mass is 32.2. The summed E-state index contributed by atoms with van der Waals surface area (Å²) in [6.45, 7) is 0.573. The van der Waals surface area contributed by atoms with Gasteiger partial charge in [0.1, 0.15) is 5.75 Å². The number of carbonyl (C=O) groups excluding carboxylic acids is 1. The van der Waals surface area contributed by atoms with Crippen LogP contribution in [0.2, 0.25) is 0 Å². The van der Waals surface area contributed by atoms with Crippen molar-refractivity contribution in [2.45, 2.75) is 11.7 Å². The Hall–Kier alpha value is -3.52. The Morgan fingerprint density at radius 3 is 2.73 bits per heavy atom. The zero-order valence-corrected chi connectivity index (χ0v) is 17.1. The third-order valence-electron chi connectivity index (χ3n) is 4.33. The number of benzene rings is 2. The van der Waals surface area contributed by atoms with E-state index in [-0.39, 0.29) is 11.7 Å². The molecule has 7 nitrogen and oxygen atoms in total. The number of amides is 1. The van der Waals surface area contributed by atoms with Gasteiger partial charge < -0.3 is 14.5 Å². The topological polar surface area (TPSA) is 82.2 Å². The molecule has 0 fully saturated rings. The van der Waals surface area contributed by atoms with E-state index in [9.17, 15) is 4.79 Å². The van der Waals surface area contributed by atoms with Crippen LogP contribution in [0.3, 0.4) is 0 Å². The maximum Gasteiger partial charge on any atom is 0.234 e. The van der Waals surface area contributed by atoms with Crippen molar-refractivity contribution in [3.05, 3.63) is 78.6 Å². The molecule has 152 valence electrons. The molecule has 0 aliphatic rings. The first kappa shape index (κ1) is 19.8. The molecule has 1 amide bonds. The zero-order chi connectivity index (χ0) is 20.8. The van der Waals surface area contributed by atoms with Crippen molar-refractivity contribution in [2.75, 3.05) is 18.2 Å². The van der Waals surface area contributed by atoms with Crippen molar-refractivity contribution in [2.24, 2.45) is 0 Å². The first-order chi connectivity index (χ1) is 14.7. The molecule has 0 unspecified atom stereocenters. The molecular weight excluding hydrogens is 400 g/mol. The normalized spacial score (nSPS) is 10.7. The third kappa shape index (κ3) is 4.72. The molecule has 30 heavy (non-hydrogen) atoms. The molecule has 8 heteroatoms. The van der Waals surface area contributed by atoms with E-state index in [1.807, 2.05) is 65.2 Å². The minimum absolute atomic E-state index is 0.137. The van der Waals surface area contributed by atoms with Gasteiger partial charge in [0.05, 0.1) is 25.7 Å². The van der Waals surface area contributed by atoms with Crippen LogP contribution in [0.5, 0.6) is 5.75 Å². The molecule has 0 aliphatic carbocycles. The van der Waals surface area contributed by atoms with Crippen molar-refractivity contribution in [1.82, 2.24) is 14.8 Å². The molecule has 0 bridgehead atoms. The fraction of sp³-hybridized carbons (Fsp3) is 0.136. The molecule has 4 aromatic rings. The summed E-state index contributed by atoms with van der Waals surface area (Å²) in [5.41, 5.74) is 1.79. The molecular formula is C22H20N4O3S. The fourth-order valence-corrected chi connectivity index (χ4v) is 3.66. The molecule has 0 spiro atoms. The summed E-state index contributed by atoms with van der Waals surface area (Å²) in [7, 11) is 1.59. The van der Waals surface area contributed by atoms with Crippen LogP contribution in [0.15, 0.2) is 82.6 Å². The number of hydrogen-bond donors (Lipinski definition) is 1. The Bertz CT molecular complexity index is 1110. The molecule has 4 rings (SSSR count). The van der Waals surface area contributed by atoms with Gasteiger partial charge in [-0.2, -0.15) is 0 Å². The Morgan fingerprint density at radius 1 is 1.10 bits per heavy atom. The Kier molecular flexibility index (Phi) is 6.14. The number of nitrogens with one attached hydrogen (secondary N) is 1. The first-order valence-electron chi connectivity index (χ1n) is 9.30. The number of methoxy groups -OCH3 is 1. The Morgan fingerprint density at radius 2 is 1.97 bits per heavy atom. The van der Waals surface area contributed by atoms with Gasteiger partial charge in [0.25, 0.3) is 0 Å². The first-order valence-corrected chi connectivity index (χ1v) is 10.3. The maximum absolute atomic E-state index is 12.4. The van der Waals surface area contributed by atoms with Crippen LogP contribution >= 0.6 is 11.8 Å². The van der Waals surface area contributed by atoms with Gasteiger partial charge in [-0.15, -0.1) is 10.2 Å². The lowest BCUT2D eigenvalue weighted by Crippen LogP contribution is -2.15. The molecule has 2 aromatic heterocycles. The van der Waals surface area contributed by atoms with Crippen molar-refractivity contribution >= 4 is 23.4 Å². The van der Waals surface area contributed by atoms with Gasteiger partial charge in [0.15, 0.2) is 10.9 Å². The lowest BCUT2D eigenvalue weighted by molar-refractivity contribution is -0.113. The standard InChI is InChI=1S/C22H20N4O3S/c1-28-18-10-5-9-17(13-18)23-20(27)15-30-22-25-24-21(19-11-6-12-29-19)26(22)14-16-7-3-2-4-8-16/h2-13H,14-15H2,1H3,(H,23,27). The molecule has 0 aliphatic heterocycles. The van der Waals surface area contributed by atoms with E-state index >= 15 is 0 Å². The van der Waals surface area contributed by atoms with Crippen molar-refractivity contribution < 1.29 is 13.9 Å². The van der Waals surface area contributed by atoms with Gasteiger partial charge >= 0.3 is 0 Å². The van der Waals surface area contributed by atoms with Gasteiger partial charge in [-0.3, -0.25) is 9.36 Å². The minimum atomic E-state index is -0.137. The second-order valence-corrected chi connectivity index (χ2v) is 7.37. The Labute approximate surface area is 178 Å². The predicted octanol–water partition coefficient (Wildman–Crippen LogP) is 4.33. The number of anilines is 1. The largest absolute Gasteiger partial charge is 0.497 e. The van der Waals surface area contributed by atoms with Crippen LogP contribution in [-0.2, 0) is 11.3 Å². The molecule has 2 heterocycles. The summed E-state index contributed by atoms with van der Waals surface area (Å²) in [6.07, 6.45) is 1.60. The lowest BCUT2D eigenvalue weighted by atomic mass is 10.2. The molecule has 0 saturated heterocycles. The highest BCUT2D eigenvalue weighted by Gasteiger charge is 2.18. The van der Waals surface area contributed by atoms with E-state index in [4.69, 9.17) is 9.15 Å². The van der Waals surface area contributed by atoms with Crippen LogP contribution < -0.4 is 10.1 Å². The average Bonchev–Trinajstić information content (AvgIpc) is 3.43. The average molecular weight is 420 g/mol. The fourth-order valence-electron chi connectivity index (χ4n) is 2.92. The summed E-state index contributed by atoms with van der Waals surface area (Å²) >= 11 is 1.33. The number of ether oxygens (including phenoxy) is 1. The highest BCUT2D eigenvalue weighted by Crippen LogP contribution is 2.26. The molecule has 1 N–H and O–H groups in total. The number of rotatable bonds is 8. The number of carbonyl (C=O) groups is 1. The summed E-state index contributed by atoms with van der Waals surface area (Å²) < 4.78 is 12.7. The van der Waals surface area contributed by atoms with E-state index in [2.05, 4.69) is 15.5 Å². The minimum Gasteiger partial charge on any atom is -0.497 e. The maximum atomic E-state index is 12.4. The van der Waals surface area contributed by atoms with Gasteiger partial charge in [-0.05, 0) is 29.8 Å². The SMILES string of the molecule is COc1cccc(NC(=O)CSc2nnc(-c3ccco3)n2Cc2ccccc2)c1. The number of aromatic nitrogens is 3. The summed E-state index contributed by atoms with van der Waals surface area (Å²) in [4.78, 5) is 12.4. The number of hydrogen-bond acceptors (Lipinski definition) is 6. The number of thioether (sulfide) groups is 1. The van der Waals surface area contributed by atoms with Gasteiger partial charge in [0, 0.05) is 11.8 Å². The van der Waals surface area contributed by atoms with Crippen molar-refractivity contribution in [1.29, 1.82) is 0 Å². The monoisotopic (exact) mass is 420 g/mol. The van der Waals surface area contributed by atoms with Crippen LogP contribution in [0.4, 0.5) is 5.69 Å². The Balaban J connectivity index is 1.50. The van der Waals surface area contributed by atoms with Gasteiger partial charge in [0.2, 0.25) is 11.7 Å². The van der Waals surface area contributed by atoms with Gasteiger partial charge in [-0.1, -0.05) is 48.2 Å². The van der Waals surface area contributed by atoms with E-state index < -0.39 is 0 Å². The summed E-state index contributed by atoms with van der Waals surface area (Å²) in [6, 6.07) is 20.9.